The Morgan fingerprint density at radius 3 is 2.83 bits per heavy atom. The second-order valence-electron chi connectivity index (χ2n) is 3.41. The number of aromatic nitrogens is 2. The molecule has 0 atom stereocenters. The summed E-state index contributed by atoms with van der Waals surface area (Å²) in [6.07, 6.45) is 2.59. The van der Waals surface area contributed by atoms with Crippen LogP contribution in [0.1, 0.15) is 10.5 Å². The van der Waals surface area contributed by atoms with Crippen LogP contribution in [0.25, 0.3) is 0 Å². The molecule has 0 aliphatic heterocycles. The van der Waals surface area contributed by atoms with Crippen molar-refractivity contribution in [3.8, 4) is 0 Å². The lowest BCUT2D eigenvalue weighted by Gasteiger charge is -2.06. The molecule has 1 amide bonds. The van der Waals surface area contributed by atoms with E-state index in [2.05, 4.69) is 15.3 Å². The summed E-state index contributed by atoms with van der Waals surface area (Å²) in [7, 11) is 0. The van der Waals surface area contributed by atoms with Crippen LogP contribution in [0, 0.1) is 5.82 Å². The lowest BCUT2D eigenvalue weighted by Crippen LogP contribution is -2.15. The first-order valence-electron chi connectivity index (χ1n) is 4.90. The average Bonchev–Trinajstić information content (AvgIpc) is 2.32. The van der Waals surface area contributed by atoms with E-state index < -0.39 is 11.7 Å². The molecule has 7 heteroatoms. The van der Waals surface area contributed by atoms with Crippen LogP contribution in [-0.2, 0) is 0 Å². The molecule has 0 saturated heterocycles. The SMILES string of the molecule is Nc1cncc(C(=O)Nc2ccc(F)cc2Cl)n1. The molecular weight excluding hydrogens is 259 g/mol. The van der Waals surface area contributed by atoms with Gasteiger partial charge in [-0.1, -0.05) is 11.6 Å². The van der Waals surface area contributed by atoms with E-state index >= 15 is 0 Å². The first kappa shape index (κ1) is 12.3. The molecule has 3 N–H and O–H groups in total. The van der Waals surface area contributed by atoms with Gasteiger partial charge in [0, 0.05) is 0 Å². The Kier molecular flexibility index (Phi) is 3.38. The molecule has 1 heterocycles. The van der Waals surface area contributed by atoms with E-state index in [9.17, 15) is 9.18 Å². The Balaban J connectivity index is 2.21. The molecule has 0 spiro atoms. The molecule has 18 heavy (non-hydrogen) atoms. The highest BCUT2D eigenvalue weighted by Gasteiger charge is 2.11. The lowest BCUT2D eigenvalue weighted by atomic mass is 10.3. The predicted octanol–water partition coefficient (Wildman–Crippen LogP) is 2.10. The molecule has 0 bridgehead atoms. The minimum Gasteiger partial charge on any atom is -0.382 e. The van der Waals surface area contributed by atoms with Crippen LogP contribution in [-0.4, -0.2) is 15.9 Å². The molecular formula is C11H8ClFN4O. The third-order valence-corrected chi connectivity index (χ3v) is 2.38. The summed E-state index contributed by atoms with van der Waals surface area (Å²) >= 11 is 5.78. The predicted molar refractivity (Wildman–Crippen MR) is 65.8 cm³/mol. The highest BCUT2D eigenvalue weighted by Crippen LogP contribution is 2.22. The van der Waals surface area contributed by atoms with Crippen molar-refractivity contribution in [3.63, 3.8) is 0 Å². The Bertz CT molecular complexity index is 605. The largest absolute Gasteiger partial charge is 0.382 e. The number of rotatable bonds is 2. The smallest absolute Gasteiger partial charge is 0.275 e. The number of nitrogens with one attached hydrogen (secondary N) is 1. The standard InChI is InChI=1S/C11H8ClFN4O/c12-7-3-6(13)1-2-8(7)17-11(18)9-4-15-5-10(14)16-9/h1-5H,(H2,14,16)(H,17,18). The molecule has 1 aromatic heterocycles. The van der Waals surface area contributed by atoms with Crippen molar-refractivity contribution < 1.29 is 9.18 Å². The van der Waals surface area contributed by atoms with Crippen molar-refractivity contribution >= 4 is 29.0 Å². The minimum atomic E-state index is -0.525. The number of halogens is 2. The lowest BCUT2D eigenvalue weighted by molar-refractivity contribution is 0.102. The van der Waals surface area contributed by atoms with Crippen molar-refractivity contribution in [2.45, 2.75) is 0 Å². The quantitative estimate of drug-likeness (QED) is 0.872. The Labute approximate surface area is 107 Å². The van der Waals surface area contributed by atoms with Gasteiger partial charge in [0.25, 0.3) is 5.91 Å². The number of carbonyl (C=O) groups is 1. The number of amides is 1. The molecule has 2 aromatic rings. The van der Waals surface area contributed by atoms with Gasteiger partial charge in [-0.3, -0.25) is 9.78 Å². The van der Waals surface area contributed by atoms with Crippen molar-refractivity contribution in [2.75, 3.05) is 11.1 Å². The van der Waals surface area contributed by atoms with Crippen molar-refractivity contribution in [1.29, 1.82) is 0 Å². The number of benzene rings is 1. The Morgan fingerprint density at radius 1 is 1.39 bits per heavy atom. The fraction of sp³-hybridized carbons (Fsp3) is 0. The number of hydrogen-bond donors (Lipinski definition) is 2. The Morgan fingerprint density at radius 2 is 2.17 bits per heavy atom. The molecule has 0 fully saturated rings. The molecule has 92 valence electrons. The number of nitrogens with zero attached hydrogens (tertiary/aromatic N) is 2. The van der Waals surface area contributed by atoms with Crippen molar-refractivity contribution in [1.82, 2.24) is 9.97 Å². The second-order valence-corrected chi connectivity index (χ2v) is 3.81. The molecule has 5 nitrogen and oxygen atoms in total. The zero-order valence-corrected chi connectivity index (χ0v) is 9.78. The van der Waals surface area contributed by atoms with Crippen LogP contribution >= 0.6 is 11.6 Å². The van der Waals surface area contributed by atoms with Gasteiger partial charge in [0.15, 0.2) is 0 Å². The van der Waals surface area contributed by atoms with Crippen molar-refractivity contribution in [3.05, 3.63) is 47.1 Å². The fourth-order valence-electron chi connectivity index (χ4n) is 1.27. The zero-order chi connectivity index (χ0) is 13.1. The van der Waals surface area contributed by atoms with E-state index in [-0.39, 0.29) is 22.2 Å². The average molecular weight is 267 g/mol. The number of carbonyl (C=O) groups excluding carboxylic acids is 1. The number of nitrogens with two attached hydrogens (primary N) is 1. The summed E-state index contributed by atoms with van der Waals surface area (Å²) in [5.41, 5.74) is 5.75. The third-order valence-electron chi connectivity index (χ3n) is 2.07. The first-order valence-corrected chi connectivity index (χ1v) is 5.28. The highest BCUT2D eigenvalue weighted by molar-refractivity contribution is 6.33. The van der Waals surface area contributed by atoms with Gasteiger partial charge in [0.1, 0.15) is 17.3 Å². The van der Waals surface area contributed by atoms with E-state index in [0.29, 0.717) is 0 Å². The van der Waals surface area contributed by atoms with E-state index in [1.165, 1.54) is 24.5 Å². The monoisotopic (exact) mass is 266 g/mol. The normalized spacial score (nSPS) is 10.1. The summed E-state index contributed by atoms with van der Waals surface area (Å²) in [5, 5.41) is 2.58. The van der Waals surface area contributed by atoms with E-state index in [1.54, 1.807) is 0 Å². The second kappa shape index (κ2) is 4.97. The van der Waals surface area contributed by atoms with Gasteiger partial charge in [-0.25, -0.2) is 9.37 Å². The zero-order valence-electron chi connectivity index (χ0n) is 9.02. The van der Waals surface area contributed by atoms with Crippen molar-refractivity contribution in [2.24, 2.45) is 0 Å². The van der Waals surface area contributed by atoms with Crippen LogP contribution in [0.2, 0.25) is 5.02 Å². The maximum Gasteiger partial charge on any atom is 0.275 e. The van der Waals surface area contributed by atoms with Crippen LogP contribution in [0.5, 0.6) is 0 Å². The fourth-order valence-corrected chi connectivity index (χ4v) is 1.48. The molecule has 0 unspecified atom stereocenters. The highest BCUT2D eigenvalue weighted by atomic mass is 35.5. The maximum absolute atomic E-state index is 12.8. The number of hydrogen-bond acceptors (Lipinski definition) is 4. The molecule has 2 rings (SSSR count). The third kappa shape index (κ3) is 2.72. The Hall–Kier alpha value is -2.21. The molecule has 0 radical (unpaired) electrons. The van der Waals surface area contributed by atoms with Gasteiger partial charge in [-0.15, -0.1) is 0 Å². The first-order chi connectivity index (χ1) is 8.56. The summed E-state index contributed by atoms with van der Waals surface area (Å²) < 4.78 is 12.8. The van der Waals surface area contributed by atoms with Crippen LogP contribution in [0.4, 0.5) is 15.9 Å². The van der Waals surface area contributed by atoms with Gasteiger partial charge >= 0.3 is 0 Å². The van der Waals surface area contributed by atoms with Crippen LogP contribution in [0.15, 0.2) is 30.6 Å². The van der Waals surface area contributed by atoms with Gasteiger partial charge in [-0.2, -0.15) is 0 Å². The maximum atomic E-state index is 12.8. The molecule has 0 aliphatic rings. The minimum absolute atomic E-state index is 0.0513. The summed E-state index contributed by atoms with van der Waals surface area (Å²) in [6.45, 7) is 0. The van der Waals surface area contributed by atoms with Gasteiger partial charge < -0.3 is 11.1 Å². The van der Waals surface area contributed by atoms with E-state index in [0.717, 1.165) is 6.07 Å². The van der Waals surface area contributed by atoms with Gasteiger partial charge in [-0.05, 0) is 18.2 Å². The van der Waals surface area contributed by atoms with Gasteiger partial charge in [0.05, 0.1) is 23.1 Å². The summed E-state index contributed by atoms with van der Waals surface area (Å²) in [4.78, 5) is 19.3. The van der Waals surface area contributed by atoms with Crippen LogP contribution < -0.4 is 11.1 Å². The molecule has 0 saturated carbocycles. The number of anilines is 2. The van der Waals surface area contributed by atoms with Gasteiger partial charge in [0.2, 0.25) is 0 Å². The topological polar surface area (TPSA) is 80.9 Å². The van der Waals surface area contributed by atoms with Crippen LogP contribution in [0.3, 0.4) is 0 Å². The van der Waals surface area contributed by atoms with E-state index in [4.69, 9.17) is 17.3 Å². The number of nitrogen functional groups attached to an aromatic ring is 1. The summed E-state index contributed by atoms with van der Waals surface area (Å²) in [6, 6.07) is 3.64. The summed E-state index contributed by atoms with van der Waals surface area (Å²) in [5.74, 6) is -0.877. The molecule has 1 aromatic carbocycles. The van der Waals surface area contributed by atoms with E-state index in [1.807, 2.05) is 0 Å². The molecule has 0 aliphatic carbocycles.